The molecule has 7 nitrogen and oxygen atoms in total. The Kier molecular flexibility index (Phi) is 11.0. The van der Waals surface area contributed by atoms with Crippen LogP contribution in [0, 0.1) is 12.8 Å². The number of hydrogen-bond donors (Lipinski definition) is 1. The van der Waals surface area contributed by atoms with Gasteiger partial charge in [-0.3, -0.25) is 14.5 Å². The molecule has 1 aliphatic heterocycles. The molecule has 0 spiro atoms. The Morgan fingerprint density at radius 3 is 2.50 bits per heavy atom. The number of imidazole rings is 1. The quantitative estimate of drug-likeness (QED) is 0.513. The number of carbonyl (C=O) groups is 2. The highest BCUT2D eigenvalue weighted by molar-refractivity contribution is 5.97. The predicted octanol–water partition coefficient (Wildman–Crippen LogP) is 5.18. The number of fused-ring (bicyclic) bond motifs is 1. The minimum Gasteiger partial charge on any atom is -0.352 e. The summed E-state index contributed by atoms with van der Waals surface area (Å²) in [5.74, 6) is 1.63. The van der Waals surface area contributed by atoms with Crippen LogP contribution in [-0.2, 0) is 17.9 Å². The molecule has 1 N–H and O–H groups in total. The molecule has 3 rings (SSSR count). The zero-order valence-electron chi connectivity index (χ0n) is 22.8. The van der Waals surface area contributed by atoms with Gasteiger partial charge in [0.05, 0.1) is 0 Å². The van der Waals surface area contributed by atoms with Crippen molar-refractivity contribution in [2.45, 2.75) is 85.7 Å². The van der Waals surface area contributed by atoms with Crippen LogP contribution in [0.2, 0.25) is 0 Å². The van der Waals surface area contributed by atoms with E-state index in [1.165, 1.54) is 19.3 Å². The fourth-order valence-electron chi connectivity index (χ4n) is 4.84. The van der Waals surface area contributed by atoms with E-state index in [1.54, 1.807) is 13.1 Å². The maximum absolute atomic E-state index is 13.0. The maximum Gasteiger partial charge on any atom is 0.251 e. The van der Waals surface area contributed by atoms with Crippen LogP contribution in [0.25, 0.3) is 0 Å². The second-order valence-electron chi connectivity index (χ2n) is 10.5. The summed E-state index contributed by atoms with van der Waals surface area (Å²) in [5, 5.41) is 3.07. The van der Waals surface area contributed by atoms with E-state index in [0.29, 0.717) is 18.0 Å². The molecule has 2 aromatic rings. The molecule has 1 aromatic carbocycles. The second-order valence-corrected chi connectivity index (χ2v) is 10.5. The Morgan fingerprint density at radius 2 is 1.81 bits per heavy atom. The van der Waals surface area contributed by atoms with E-state index in [1.807, 2.05) is 36.2 Å². The van der Waals surface area contributed by atoms with Gasteiger partial charge in [-0.25, -0.2) is 4.98 Å². The average Bonchev–Trinajstić information content (AvgIpc) is 3.25. The lowest BCUT2D eigenvalue weighted by molar-refractivity contribution is -0.116. The number of anilines is 1. The minimum absolute atomic E-state index is 0.0608. The number of benzene rings is 1. The number of aryl methyl sites for hydroxylation is 2. The highest BCUT2D eigenvalue weighted by atomic mass is 16.2. The number of carbonyl (C=O) groups excluding carboxylic acids is 2. The molecule has 7 heteroatoms. The molecule has 1 aliphatic rings. The SMILES string of the molecule is CC(=O)N1CCCCCCCN(CCC(C)C)Cc2cc(C(=O)NCCCn3ccnc3C)ccc21. The molecule has 0 atom stereocenters. The van der Waals surface area contributed by atoms with Crippen molar-refractivity contribution in [1.82, 2.24) is 19.8 Å². The van der Waals surface area contributed by atoms with Crippen molar-refractivity contribution < 1.29 is 9.59 Å². The molecular weight excluding hydrogens is 450 g/mol. The second kappa shape index (κ2) is 14.2. The maximum atomic E-state index is 13.0. The molecule has 36 heavy (non-hydrogen) atoms. The van der Waals surface area contributed by atoms with Crippen molar-refractivity contribution in [3.63, 3.8) is 0 Å². The molecule has 0 unspecified atom stereocenters. The zero-order chi connectivity index (χ0) is 25.9. The van der Waals surface area contributed by atoms with Crippen molar-refractivity contribution in [3.05, 3.63) is 47.5 Å². The molecule has 0 saturated carbocycles. The van der Waals surface area contributed by atoms with Gasteiger partial charge in [0.25, 0.3) is 5.91 Å². The minimum atomic E-state index is -0.0608. The first-order valence-corrected chi connectivity index (χ1v) is 13.7. The highest BCUT2D eigenvalue weighted by Gasteiger charge is 2.20. The smallest absolute Gasteiger partial charge is 0.251 e. The van der Waals surface area contributed by atoms with Crippen molar-refractivity contribution in [2.24, 2.45) is 5.92 Å². The third kappa shape index (κ3) is 8.47. The van der Waals surface area contributed by atoms with E-state index in [9.17, 15) is 9.59 Å². The third-order valence-electron chi connectivity index (χ3n) is 7.07. The number of hydrogen-bond acceptors (Lipinski definition) is 4. The number of amides is 2. The molecule has 2 heterocycles. The molecule has 0 fully saturated rings. The number of aromatic nitrogens is 2. The van der Waals surface area contributed by atoms with Gasteiger partial charge in [0.15, 0.2) is 0 Å². The third-order valence-corrected chi connectivity index (χ3v) is 7.07. The number of rotatable bonds is 8. The molecule has 1 aromatic heterocycles. The van der Waals surface area contributed by atoms with Gasteiger partial charge in [-0.2, -0.15) is 0 Å². The summed E-state index contributed by atoms with van der Waals surface area (Å²) >= 11 is 0. The van der Waals surface area contributed by atoms with Crippen LogP contribution >= 0.6 is 0 Å². The van der Waals surface area contributed by atoms with Gasteiger partial charge < -0.3 is 14.8 Å². The first-order valence-electron chi connectivity index (χ1n) is 13.7. The summed E-state index contributed by atoms with van der Waals surface area (Å²) in [6.45, 7) is 13.2. The van der Waals surface area contributed by atoms with Crippen LogP contribution in [0.1, 0.15) is 87.5 Å². The van der Waals surface area contributed by atoms with E-state index < -0.39 is 0 Å². The van der Waals surface area contributed by atoms with Gasteiger partial charge in [-0.15, -0.1) is 0 Å². The van der Waals surface area contributed by atoms with E-state index >= 15 is 0 Å². The Hall–Kier alpha value is -2.67. The van der Waals surface area contributed by atoms with E-state index in [-0.39, 0.29) is 11.8 Å². The summed E-state index contributed by atoms with van der Waals surface area (Å²) in [7, 11) is 0. The van der Waals surface area contributed by atoms with Crippen LogP contribution in [-0.4, -0.2) is 52.4 Å². The fraction of sp³-hybridized carbons (Fsp3) is 0.621. The van der Waals surface area contributed by atoms with E-state index in [0.717, 1.165) is 75.5 Å². The van der Waals surface area contributed by atoms with Crippen molar-refractivity contribution in [1.29, 1.82) is 0 Å². The first-order chi connectivity index (χ1) is 17.3. The topological polar surface area (TPSA) is 70.5 Å². The van der Waals surface area contributed by atoms with Crippen LogP contribution in [0.4, 0.5) is 5.69 Å². The van der Waals surface area contributed by atoms with Crippen LogP contribution in [0.3, 0.4) is 0 Å². The number of nitrogens with one attached hydrogen (secondary N) is 1. The summed E-state index contributed by atoms with van der Waals surface area (Å²) in [4.78, 5) is 34.3. The number of nitrogens with zero attached hydrogens (tertiary/aromatic N) is 4. The predicted molar refractivity (Wildman–Crippen MR) is 146 cm³/mol. The van der Waals surface area contributed by atoms with Crippen molar-refractivity contribution >= 4 is 17.5 Å². The lowest BCUT2D eigenvalue weighted by atomic mass is 10.0. The van der Waals surface area contributed by atoms with Crippen molar-refractivity contribution in [2.75, 3.05) is 31.1 Å². The Bertz CT molecular complexity index is 984. The summed E-state index contributed by atoms with van der Waals surface area (Å²) < 4.78 is 2.09. The summed E-state index contributed by atoms with van der Waals surface area (Å²) in [6, 6.07) is 5.86. The van der Waals surface area contributed by atoms with E-state index in [4.69, 9.17) is 0 Å². The average molecular weight is 496 g/mol. The highest BCUT2D eigenvalue weighted by Crippen LogP contribution is 2.26. The Morgan fingerprint density at radius 1 is 1.06 bits per heavy atom. The first kappa shape index (κ1) is 27.9. The van der Waals surface area contributed by atoms with Gasteiger partial charge in [0.1, 0.15) is 5.82 Å². The normalized spacial score (nSPS) is 15.8. The van der Waals surface area contributed by atoms with Crippen LogP contribution < -0.4 is 10.2 Å². The molecule has 0 radical (unpaired) electrons. The monoisotopic (exact) mass is 495 g/mol. The standard InChI is InChI=1S/C29H45N5O2/c1-23(2)13-19-32-16-8-6-5-7-9-18-34(25(4)35)28-12-11-26(21-27(28)22-32)29(36)31-14-10-17-33-20-15-30-24(33)3/h11-12,15,20-21,23H,5-10,13-14,16-19,22H2,1-4H3,(H,31,36). The fourth-order valence-corrected chi connectivity index (χ4v) is 4.84. The van der Waals surface area contributed by atoms with Crippen LogP contribution in [0.5, 0.6) is 0 Å². The lowest BCUT2D eigenvalue weighted by Crippen LogP contribution is -2.33. The lowest BCUT2D eigenvalue weighted by Gasteiger charge is -2.29. The Labute approximate surface area is 217 Å². The van der Waals surface area contributed by atoms with Gasteiger partial charge >= 0.3 is 0 Å². The summed E-state index contributed by atoms with van der Waals surface area (Å²) in [5.41, 5.74) is 2.67. The van der Waals surface area contributed by atoms with Gasteiger partial charge in [-0.05, 0) is 75.4 Å². The molecule has 0 bridgehead atoms. The molecule has 0 aliphatic carbocycles. The zero-order valence-corrected chi connectivity index (χ0v) is 22.8. The van der Waals surface area contributed by atoms with Gasteiger partial charge in [0.2, 0.25) is 5.91 Å². The largest absolute Gasteiger partial charge is 0.352 e. The Balaban J connectivity index is 1.77. The molecular formula is C29H45N5O2. The molecule has 0 saturated heterocycles. The molecule has 198 valence electrons. The molecule has 2 amide bonds. The van der Waals surface area contributed by atoms with Gasteiger partial charge in [0, 0.05) is 56.7 Å². The van der Waals surface area contributed by atoms with Crippen molar-refractivity contribution in [3.8, 4) is 0 Å². The van der Waals surface area contributed by atoms with Crippen LogP contribution in [0.15, 0.2) is 30.6 Å². The summed E-state index contributed by atoms with van der Waals surface area (Å²) in [6.07, 6.45) is 11.5. The van der Waals surface area contributed by atoms with E-state index in [2.05, 4.69) is 33.6 Å². The van der Waals surface area contributed by atoms with Gasteiger partial charge in [-0.1, -0.05) is 33.1 Å².